The molecule has 2 unspecified atom stereocenters. The second-order valence-corrected chi connectivity index (χ2v) is 5.29. The molecular formula is C13H18N2OS. The minimum absolute atomic E-state index is 0.290. The van der Waals surface area contributed by atoms with Crippen LogP contribution in [0.25, 0.3) is 0 Å². The van der Waals surface area contributed by atoms with E-state index >= 15 is 0 Å². The lowest BCUT2D eigenvalue weighted by Crippen LogP contribution is -2.30. The smallest absolute Gasteiger partial charge is 0.110 e. The van der Waals surface area contributed by atoms with Crippen molar-refractivity contribution in [3.05, 3.63) is 40.2 Å². The lowest BCUT2D eigenvalue weighted by atomic mass is 10.2. The molecule has 17 heavy (non-hydrogen) atoms. The van der Waals surface area contributed by atoms with E-state index in [1.807, 2.05) is 19.1 Å². The fourth-order valence-electron chi connectivity index (χ4n) is 1.86. The zero-order chi connectivity index (χ0) is 12.3. The monoisotopic (exact) mass is 250 g/mol. The Bertz CT molecular complexity index is 450. The minimum Gasteiger partial charge on any atom is -0.469 e. The van der Waals surface area contributed by atoms with Crippen LogP contribution in [0.15, 0.2) is 28.2 Å². The normalized spacial score (nSPS) is 14.8. The summed E-state index contributed by atoms with van der Waals surface area (Å²) in [5.74, 6) is 1.02. The van der Waals surface area contributed by atoms with Gasteiger partial charge in [0, 0.05) is 23.5 Å². The van der Waals surface area contributed by atoms with E-state index in [-0.39, 0.29) is 0 Å². The molecule has 0 bridgehead atoms. The van der Waals surface area contributed by atoms with Crippen LogP contribution in [0.2, 0.25) is 0 Å². The van der Waals surface area contributed by atoms with Crippen LogP contribution in [0.5, 0.6) is 0 Å². The van der Waals surface area contributed by atoms with Gasteiger partial charge in [-0.2, -0.15) is 0 Å². The Morgan fingerprint density at radius 1 is 1.47 bits per heavy atom. The highest BCUT2D eigenvalue weighted by Gasteiger charge is 2.13. The molecule has 1 N–H and O–H groups in total. The molecule has 0 spiro atoms. The summed E-state index contributed by atoms with van der Waals surface area (Å²) in [4.78, 5) is 4.49. The van der Waals surface area contributed by atoms with Crippen molar-refractivity contribution in [1.82, 2.24) is 10.3 Å². The molecule has 0 aliphatic rings. The highest BCUT2D eigenvalue weighted by Crippen LogP contribution is 2.18. The van der Waals surface area contributed by atoms with Crippen molar-refractivity contribution in [2.75, 3.05) is 0 Å². The number of furan rings is 1. The van der Waals surface area contributed by atoms with Gasteiger partial charge in [0.05, 0.1) is 12.3 Å². The molecule has 0 aliphatic heterocycles. The van der Waals surface area contributed by atoms with Gasteiger partial charge in [-0.25, -0.2) is 4.98 Å². The van der Waals surface area contributed by atoms with E-state index in [4.69, 9.17) is 4.42 Å². The summed E-state index contributed by atoms with van der Waals surface area (Å²) in [5.41, 5.74) is 1.09. The highest BCUT2D eigenvalue weighted by molar-refractivity contribution is 7.09. The first kappa shape index (κ1) is 12.3. The molecule has 2 aromatic rings. The van der Waals surface area contributed by atoms with Crippen molar-refractivity contribution in [2.24, 2.45) is 0 Å². The lowest BCUT2D eigenvalue weighted by molar-refractivity contribution is 0.428. The van der Waals surface area contributed by atoms with Crippen LogP contribution in [0.3, 0.4) is 0 Å². The predicted molar refractivity (Wildman–Crippen MR) is 70.3 cm³/mol. The Balaban J connectivity index is 1.88. The van der Waals surface area contributed by atoms with E-state index in [2.05, 4.69) is 29.5 Å². The summed E-state index contributed by atoms with van der Waals surface area (Å²) in [6, 6.07) is 4.60. The summed E-state index contributed by atoms with van der Waals surface area (Å²) in [6.07, 6.45) is 2.62. The average Bonchev–Trinajstić information content (AvgIpc) is 2.89. The summed E-state index contributed by atoms with van der Waals surface area (Å²) >= 11 is 1.71. The zero-order valence-electron chi connectivity index (χ0n) is 10.4. The van der Waals surface area contributed by atoms with Gasteiger partial charge in [-0.15, -0.1) is 11.3 Å². The van der Waals surface area contributed by atoms with Gasteiger partial charge < -0.3 is 9.73 Å². The molecule has 2 rings (SSSR count). The molecule has 92 valence electrons. The van der Waals surface area contributed by atoms with E-state index in [0.29, 0.717) is 12.1 Å². The predicted octanol–water partition coefficient (Wildman–Crippen LogP) is 3.33. The molecule has 2 heterocycles. The second-order valence-electron chi connectivity index (χ2n) is 4.40. The average molecular weight is 250 g/mol. The standard InChI is InChI=1S/C13H18N2OS/c1-9(7-12-5-4-6-16-12)14-11(3)13-15-10(2)8-17-13/h4-6,8-9,11,14H,7H2,1-3H3. The van der Waals surface area contributed by atoms with Crippen LogP contribution in [0.4, 0.5) is 0 Å². The molecule has 0 aliphatic carbocycles. The van der Waals surface area contributed by atoms with Gasteiger partial charge in [0.25, 0.3) is 0 Å². The zero-order valence-corrected chi connectivity index (χ0v) is 11.3. The SMILES string of the molecule is Cc1csc(C(C)NC(C)Cc2ccco2)n1. The molecule has 0 saturated heterocycles. The molecule has 3 nitrogen and oxygen atoms in total. The Morgan fingerprint density at radius 3 is 2.88 bits per heavy atom. The van der Waals surface area contributed by atoms with Gasteiger partial charge in [-0.3, -0.25) is 0 Å². The summed E-state index contributed by atoms with van der Waals surface area (Å²) in [6.45, 7) is 6.34. The fourth-order valence-corrected chi connectivity index (χ4v) is 2.67. The van der Waals surface area contributed by atoms with Gasteiger partial charge in [0.2, 0.25) is 0 Å². The van der Waals surface area contributed by atoms with Crippen molar-refractivity contribution >= 4 is 11.3 Å². The van der Waals surface area contributed by atoms with E-state index in [1.54, 1.807) is 17.6 Å². The molecule has 0 fully saturated rings. The lowest BCUT2D eigenvalue weighted by Gasteiger charge is -2.17. The van der Waals surface area contributed by atoms with E-state index in [1.165, 1.54) is 0 Å². The topological polar surface area (TPSA) is 38.1 Å². The van der Waals surface area contributed by atoms with Gasteiger partial charge in [0.15, 0.2) is 0 Å². The number of nitrogens with one attached hydrogen (secondary N) is 1. The van der Waals surface area contributed by atoms with Crippen LogP contribution in [-0.4, -0.2) is 11.0 Å². The van der Waals surface area contributed by atoms with Crippen molar-refractivity contribution in [2.45, 2.75) is 39.3 Å². The highest BCUT2D eigenvalue weighted by atomic mass is 32.1. The molecule has 0 saturated carbocycles. The Labute approximate surface area is 106 Å². The van der Waals surface area contributed by atoms with E-state index in [0.717, 1.165) is 22.9 Å². The number of thiazole rings is 1. The first-order valence-corrected chi connectivity index (χ1v) is 6.73. The Morgan fingerprint density at radius 2 is 2.29 bits per heavy atom. The number of hydrogen-bond acceptors (Lipinski definition) is 4. The van der Waals surface area contributed by atoms with E-state index in [9.17, 15) is 0 Å². The van der Waals surface area contributed by atoms with Crippen LogP contribution in [-0.2, 0) is 6.42 Å². The van der Waals surface area contributed by atoms with Gasteiger partial charge in [0.1, 0.15) is 10.8 Å². The largest absolute Gasteiger partial charge is 0.469 e. The Hall–Kier alpha value is -1.13. The number of hydrogen-bond donors (Lipinski definition) is 1. The van der Waals surface area contributed by atoms with Gasteiger partial charge >= 0.3 is 0 Å². The molecule has 2 aromatic heterocycles. The molecule has 0 aromatic carbocycles. The molecule has 0 amide bonds. The Kier molecular flexibility index (Phi) is 3.97. The van der Waals surface area contributed by atoms with Crippen LogP contribution < -0.4 is 5.32 Å². The van der Waals surface area contributed by atoms with Crippen LogP contribution in [0.1, 0.15) is 36.4 Å². The van der Waals surface area contributed by atoms with E-state index < -0.39 is 0 Å². The summed E-state index contributed by atoms with van der Waals surface area (Å²) in [5, 5.41) is 6.77. The van der Waals surface area contributed by atoms with Crippen molar-refractivity contribution < 1.29 is 4.42 Å². The first-order valence-electron chi connectivity index (χ1n) is 5.85. The molecule has 4 heteroatoms. The first-order chi connectivity index (χ1) is 8.15. The molecule has 2 atom stereocenters. The third kappa shape index (κ3) is 3.41. The number of nitrogens with zero attached hydrogens (tertiary/aromatic N) is 1. The maximum absolute atomic E-state index is 5.34. The van der Waals surface area contributed by atoms with Crippen molar-refractivity contribution in [1.29, 1.82) is 0 Å². The van der Waals surface area contributed by atoms with Crippen LogP contribution in [0, 0.1) is 6.92 Å². The molecule has 0 radical (unpaired) electrons. The second kappa shape index (κ2) is 5.47. The maximum Gasteiger partial charge on any atom is 0.110 e. The maximum atomic E-state index is 5.34. The number of aryl methyl sites for hydroxylation is 1. The third-order valence-electron chi connectivity index (χ3n) is 2.63. The van der Waals surface area contributed by atoms with Gasteiger partial charge in [-0.05, 0) is 32.9 Å². The van der Waals surface area contributed by atoms with Gasteiger partial charge in [-0.1, -0.05) is 0 Å². The minimum atomic E-state index is 0.290. The third-order valence-corrected chi connectivity index (χ3v) is 3.77. The van der Waals surface area contributed by atoms with Crippen molar-refractivity contribution in [3.63, 3.8) is 0 Å². The molecular weight excluding hydrogens is 232 g/mol. The summed E-state index contributed by atoms with van der Waals surface area (Å²) < 4.78 is 5.34. The van der Waals surface area contributed by atoms with Crippen LogP contribution >= 0.6 is 11.3 Å². The van der Waals surface area contributed by atoms with Crippen molar-refractivity contribution in [3.8, 4) is 0 Å². The quantitative estimate of drug-likeness (QED) is 0.884. The fraction of sp³-hybridized carbons (Fsp3) is 0.462. The number of aromatic nitrogens is 1. The summed E-state index contributed by atoms with van der Waals surface area (Å²) in [7, 11) is 0. The number of rotatable bonds is 5.